The number of piperidine rings is 1. The minimum atomic E-state index is -3.71. The molecule has 1 aromatic carbocycles. The molecule has 22 heavy (non-hydrogen) atoms. The summed E-state index contributed by atoms with van der Waals surface area (Å²) >= 11 is 0. The summed E-state index contributed by atoms with van der Waals surface area (Å²) in [6, 6.07) is 5.89. The molecule has 0 radical (unpaired) electrons. The largest absolute Gasteiger partial charge is 0.495 e. The first-order chi connectivity index (χ1) is 10.4. The van der Waals surface area contributed by atoms with E-state index in [2.05, 4.69) is 0 Å². The fraction of sp³-hybridized carbons (Fsp3) is 0.533. The minimum Gasteiger partial charge on any atom is -0.495 e. The molecule has 1 aromatic rings. The van der Waals surface area contributed by atoms with Gasteiger partial charge in [0.15, 0.2) is 0 Å². The van der Waals surface area contributed by atoms with Crippen LogP contribution >= 0.6 is 0 Å². The predicted octanol–water partition coefficient (Wildman–Crippen LogP) is 1.46. The average molecular weight is 323 g/mol. The molecule has 0 spiro atoms. The van der Waals surface area contributed by atoms with Crippen LogP contribution in [0.2, 0.25) is 0 Å². The van der Waals surface area contributed by atoms with Crippen molar-refractivity contribution in [2.75, 3.05) is 13.7 Å². The van der Waals surface area contributed by atoms with Gasteiger partial charge in [-0.15, -0.1) is 0 Å². The molecule has 2 N–H and O–H groups in total. The Bertz CT molecular complexity index is 680. The number of ether oxygens (including phenoxy) is 1. The molecule has 1 fully saturated rings. The molecule has 120 valence electrons. The van der Waals surface area contributed by atoms with Crippen LogP contribution in [0.1, 0.15) is 31.7 Å². The molecule has 0 aromatic heterocycles. The number of hydrogen-bond donors (Lipinski definition) is 1. The molecular formula is C15H21N3O3S. The number of benzene rings is 1. The maximum atomic E-state index is 13.0. The van der Waals surface area contributed by atoms with Crippen LogP contribution in [0.25, 0.3) is 0 Å². The van der Waals surface area contributed by atoms with E-state index in [0.717, 1.165) is 19.3 Å². The molecule has 1 aliphatic rings. The van der Waals surface area contributed by atoms with E-state index in [1.54, 1.807) is 0 Å². The molecule has 1 aliphatic heterocycles. The van der Waals surface area contributed by atoms with Gasteiger partial charge in [0, 0.05) is 18.6 Å². The number of sulfonamides is 1. The van der Waals surface area contributed by atoms with Crippen LogP contribution < -0.4 is 10.5 Å². The van der Waals surface area contributed by atoms with E-state index in [0.29, 0.717) is 12.1 Å². The molecule has 2 unspecified atom stereocenters. The van der Waals surface area contributed by atoms with Gasteiger partial charge in [-0.25, -0.2) is 8.42 Å². The zero-order valence-corrected chi connectivity index (χ0v) is 13.6. The van der Waals surface area contributed by atoms with Crippen molar-refractivity contribution in [2.24, 2.45) is 5.73 Å². The smallest absolute Gasteiger partial charge is 0.247 e. The second-order valence-electron chi connectivity index (χ2n) is 5.52. The Morgan fingerprint density at radius 1 is 1.45 bits per heavy atom. The lowest BCUT2D eigenvalue weighted by Crippen LogP contribution is -2.51. The van der Waals surface area contributed by atoms with E-state index in [4.69, 9.17) is 15.7 Å². The van der Waals surface area contributed by atoms with Gasteiger partial charge in [0.25, 0.3) is 0 Å². The van der Waals surface area contributed by atoms with Crippen molar-refractivity contribution in [1.82, 2.24) is 4.31 Å². The van der Waals surface area contributed by atoms with E-state index >= 15 is 0 Å². The number of nitrogens with zero attached hydrogens (tertiary/aromatic N) is 2. The van der Waals surface area contributed by atoms with Crippen LogP contribution in [0.4, 0.5) is 0 Å². The van der Waals surface area contributed by atoms with Crippen molar-refractivity contribution >= 4 is 10.0 Å². The molecule has 1 heterocycles. The van der Waals surface area contributed by atoms with Crippen LogP contribution in [0.15, 0.2) is 23.1 Å². The quantitative estimate of drug-likeness (QED) is 0.905. The first-order valence-corrected chi connectivity index (χ1v) is 8.71. The molecule has 6 nitrogen and oxygen atoms in total. The van der Waals surface area contributed by atoms with Gasteiger partial charge < -0.3 is 10.5 Å². The van der Waals surface area contributed by atoms with Crippen molar-refractivity contribution in [2.45, 2.75) is 43.2 Å². The molecule has 2 atom stereocenters. The Kier molecular flexibility index (Phi) is 5.06. The summed E-state index contributed by atoms with van der Waals surface area (Å²) in [5, 5.41) is 8.93. The van der Waals surface area contributed by atoms with Gasteiger partial charge in [-0.2, -0.15) is 9.57 Å². The Balaban J connectivity index is 2.47. The number of rotatable bonds is 4. The number of methoxy groups -OCH3 is 1. The fourth-order valence-corrected chi connectivity index (χ4v) is 4.74. The van der Waals surface area contributed by atoms with E-state index in [1.807, 2.05) is 13.0 Å². The molecule has 0 aliphatic carbocycles. The highest BCUT2D eigenvalue weighted by Gasteiger charge is 2.36. The normalized spacial score (nSPS) is 21.1. The topological polar surface area (TPSA) is 96.4 Å². The molecule has 2 rings (SSSR count). The highest BCUT2D eigenvalue weighted by Crippen LogP contribution is 2.32. The monoisotopic (exact) mass is 323 g/mol. The second-order valence-corrected chi connectivity index (χ2v) is 7.37. The van der Waals surface area contributed by atoms with Gasteiger partial charge in [0.2, 0.25) is 10.0 Å². The second kappa shape index (κ2) is 6.65. The summed E-state index contributed by atoms with van der Waals surface area (Å²) in [7, 11) is -2.31. The van der Waals surface area contributed by atoms with Crippen molar-refractivity contribution in [3.63, 3.8) is 0 Å². The third-order valence-electron chi connectivity index (χ3n) is 3.98. The average Bonchev–Trinajstić information content (AvgIpc) is 2.54. The summed E-state index contributed by atoms with van der Waals surface area (Å²) in [6.45, 7) is 2.28. The van der Waals surface area contributed by atoms with Gasteiger partial charge >= 0.3 is 0 Å². The summed E-state index contributed by atoms with van der Waals surface area (Å²) in [5.74, 6) is 0.188. The lowest BCUT2D eigenvalue weighted by molar-refractivity contribution is 0.226. The standard InChI is InChI=1S/C15H21N3O3S/c1-11(17)13-5-3-4-8-18(13)22(19,20)15-7-6-12(10-16)9-14(15)21-2/h6-7,9,11,13H,3-5,8,17H2,1-2H3. The van der Waals surface area contributed by atoms with E-state index in [9.17, 15) is 8.42 Å². The molecule has 0 saturated carbocycles. The van der Waals surface area contributed by atoms with Crippen LogP contribution in [-0.2, 0) is 10.0 Å². The fourth-order valence-electron chi connectivity index (χ4n) is 2.83. The lowest BCUT2D eigenvalue weighted by Gasteiger charge is -2.37. The van der Waals surface area contributed by atoms with Gasteiger partial charge in [-0.3, -0.25) is 0 Å². The summed E-state index contributed by atoms with van der Waals surface area (Å²) < 4.78 is 32.6. The predicted molar refractivity (Wildman–Crippen MR) is 82.9 cm³/mol. The SMILES string of the molecule is COc1cc(C#N)ccc1S(=O)(=O)N1CCCCC1C(C)N. The van der Waals surface area contributed by atoms with E-state index < -0.39 is 10.0 Å². The Labute approximate surface area is 131 Å². The highest BCUT2D eigenvalue weighted by molar-refractivity contribution is 7.89. The van der Waals surface area contributed by atoms with Crippen molar-refractivity contribution < 1.29 is 13.2 Å². The minimum absolute atomic E-state index is 0.0848. The number of nitrogens with two attached hydrogens (primary N) is 1. The highest BCUT2D eigenvalue weighted by atomic mass is 32.2. The van der Waals surface area contributed by atoms with E-state index in [-0.39, 0.29) is 22.7 Å². The van der Waals surface area contributed by atoms with Crippen LogP contribution in [0.3, 0.4) is 0 Å². The van der Waals surface area contributed by atoms with Crippen molar-refractivity contribution in [3.8, 4) is 11.8 Å². The molecule has 0 amide bonds. The van der Waals surface area contributed by atoms with Gasteiger partial charge in [-0.1, -0.05) is 6.42 Å². The maximum Gasteiger partial charge on any atom is 0.247 e. The zero-order chi connectivity index (χ0) is 16.3. The number of nitriles is 1. The van der Waals surface area contributed by atoms with E-state index in [1.165, 1.54) is 29.6 Å². The Morgan fingerprint density at radius 2 is 2.18 bits per heavy atom. The first kappa shape index (κ1) is 16.7. The number of hydrogen-bond acceptors (Lipinski definition) is 5. The van der Waals surface area contributed by atoms with Gasteiger partial charge in [-0.05, 0) is 38.0 Å². The van der Waals surface area contributed by atoms with Crippen molar-refractivity contribution in [3.05, 3.63) is 23.8 Å². The van der Waals surface area contributed by atoms with Crippen LogP contribution in [0.5, 0.6) is 5.75 Å². The van der Waals surface area contributed by atoms with Crippen molar-refractivity contribution in [1.29, 1.82) is 5.26 Å². The summed E-state index contributed by atoms with van der Waals surface area (Å²) in [4.78, 5) is 0.0848. The van der Waals surface area contributed by atoms with Gasteiger partial charge in [0.1, 0.15) is 10.6 Å². The molecular weight excluding hydrogens is 302 g/mol. The zero-order valence-electron chi connectivity index (χ0n) is 12.8. The lowest BCUT2D eigenvalue weighted by atomic mass is 10.00. The Morgan fingerprint density at radius 3 is 2.77 bits per heavy atom. The third-order valence-corrected chi connectivity index (χ3v) is 5.95. The molecule has 0 bridgehead atoms. The van der Waals surface area contributed by atoms with Gasteiger partial charge in [0.05, 0.1) is 18.7 Å². The Hall–Kier alpha value is -1.62. The molecule has 7 heteroatoms. The summed E-state index contributed by atoms with van der Waals surface area (Å²) in [5.41, 5.74) is 6.33. The van der Waals surface area contributed by atoms with Crippen LogP contribution in [-0.4, -0.2) is 38.5 Å². The maximum absolute atomic E-state index is 13.0. The first-order valence-electron chi connectivity index (χ1n) is 7.27. The third kappa shape index (κ3) is 3.09. The summed E-state index contributed by atoms with van der Waals surface area (Å²) in [6.07, 6.45) is 2.55. The van der Waals surface area contributed by atoms with Crippen LogP contribution in [0, 0.1) is 11.3 Å². The molecule has 1 saturated heterocycles.